The highest BCUT2D eigenvalue weighted by Gasteiger charge is 2.14. The van der Waals surface area contributed by atoms with E-state index < -0.39 is 10.0 Å². The number of benzene rings is 2. The topological polar surface area (TPSA) is 99.1 Å². The van der Waals surface area contributed by atoms with E-state index in [1.807, 2.05) is 18.2 Å². The number of hydrogen-bond donors (Lipinski definition) is 2. The predicted molar refractivity (Wildman–Crippen MR) is 99.3 cm³/mol. The van der Waals surface area contributed by atoms with E-state index in [-0.39, 0.29) is 23.8 Å². The molecule has 0 radical (unpaired) electrons. The van der Waals surface area contributed by atoms with Crippen molar-refractivity contribution in [3.8, 4) is 6.07 Å². The van der Waals surface area contributed by atoms with E-state index in [1.165, 1.54) is 24.3 Å². The van der Waals surface area contributed by atoms with Crippen molar-refractivity contribution >= 4 is 27.5 Å². The first kappa shape index (κ1) is 19.9. The van der Waals surface area contributed by atoms with Crippen LogP contribution in [0, 0.1) is 11.3 Å². The molecule has 2 N–H and O–H groups in total. The van der Waals surface area contributed by atoms with E-state index in [9.17, 15) is 13.2 Å². The Bertz CT molecular complexity index is 889. The van der Waals surface area contributed by atoms with Gasteiger partial charge in [-0.1, -0.05) is 23.7 Å². The highest BCUT2D eigenvalue weighted by atomic mass is 35.5. The minimum Gasteiger partial charge on any atom is -0.352 e. The van der Waals surface area contributed by atoms with Gasteiger partial charge in [0.2, 0.25) is 10.0 Å². The van der Waals surface area contributed by atoms with Crippen molar-refractivity contribution < 1.29 is 13.2 Å². The molecule has 2 aromatic carbocycles. The molecule has 0 bridgehead atoms. The van der Waals surface area contributed by atoms with Gasteiger partial charge < -0.3 is 5.32 Å². The number of nitrogens with one attached hydrogen (secondary N) is 2. The van der Waals surface area contributed by atoms with E-state index >= 15 is 0 Å². The van der Waals surface area contributed by atoms with Crippen LogP contribution >= 0.6 is 11.6 Å². The fourth-order valence-corrected chi connectivity index (χ4v) is 3.34. The number of nitrogens with zero attached hydrogens (tertiary/aromatic N) is 1. The maximum atomic E-state index is 12.1. The second-order valence-corrected chi connectivity index (χ2v) is 7.67. The summed E-state index contributed by atoms with van der Waals surface area (Å²) in [6.07, 6.45) is 0.755. The number of carbonyl (C=O) groups excluding carboxylic acids is 1. The van der Waals surface area contributed by atoms with Gasteiger partial charge in [0.05, 0.1) is 11.0 Å². The largest absolute Gasteiger partial charge is 0.352 e. The Morgan fingerprint density at radius 3 is 2.31 bits per heavy atom. The van der Waals surface area contributed by atoms with Crippen LogP contribution in [0.3, 0.4) is 0 Å². The fourth-order valence-electron chi connectivity index (χ4n) is 2.18. The quantitative estimate of drug-likeness (QED) is 0.675. The van der Waals surface area contributed by atoms with Crippen LogP contribution in [0.4, 0.5) is 0 Å². The summed E-state index contributed by atoms with van der Waals surface area (Å²) in [6.45, 7) is 0.502. The van der Waals surface area contributed by atoms with E-state index in [1.54, 1.807) is 12.1 Å². The smallest absolute Gasteiger partial charge is 0.251 e. The third kappa shape index (κ3) is 5.85. The molecule has 136 valence electrons. The summed E-state index contributed by atoms with van der Waals surface area (Å²) in [6, 6.07) is 14.9. The fraction of sp³-hybridized carbons (Fsp3) is 0.222. The molecule has 0 aromatic heterocycles. The summed E-state index contributed by atoms with van der Waals surface area (Å²) in [5.74, 6) is -0.277. The number of nitriles is 1. The van der Waals surface area contributed by atoms with Gasteiger partial charge in [-0.15, -0.1) is 0 Å². The molecular formula is C18H18ClN3O3S. The molecule has 0 spiro atoms. The molecule has 8 heteroatoms. The second-order valence-electron chi connectivity index (χ2n) is 5.46. The first-order valence-electron chi connectivity index (χ1n) is 7.92. The van der Waals surface area contributed by atoms with Gasteiger partial charge in [-0.05, 0) is 48.4 Å². The Balaban J connectivity index is 1.89. The summed E-state index contributed by atoms with van der Waals surface area (Å²) >= 11 is 5.83. The third-order valence-electron chi connectivity index (χ3n) is 3.57. The summed E-state index contributed by atoms with van der Waals surface area (Å²) in [5, 5.41) is 11.9. The van der Waals surface area contributed by atoms with Crippen molar-refractivity contribution in [2.75, 3.05) is 13.1 Å². The van der Waals surface area contributed by atoms with Gasteiger partial charge in [-0.2, -0.15) is 5.26 Å². The molecule has 1 amide bonds. The lowest BCUT2D eigenvalue weighted by Crippen LogP contribution is -2.26. The maximum absolute atomic E-state index is 12.1. The minimum atomic E-state index is -3.68. The Hall–Kier alpha value is -2.40. The van der Waals surface area contributed by atoms with Crippen LogP contribution in [0.2, 0.25) is 5.02 Å². The molecule has 26 heavy (non-hydrogen) atoms. The molecule has 0 aliphatic carbocycles. The van der Waals surface area contributed by atoms with E-state index in [4.69, 9.17) is 16.9 Å². The number of hydrogen-bond acceptors (Lipinski definition) is 4. The van der Waals surface area contributed by atoms with Crippen molar-refractivity contribution in [3.05, 3.63) is 64.7 Å². The number of rotatable bonds is 8. The van der Waals surface area contributed by atoms with Crippen molar-refractivity contribution in [1.82, 2.24) is 10.0 Å². The Morgan fingerprint density at radius 1 is 1.04 bits per heavy atom. The van der Waals surface area contributed by atoms with Crippen LogP contribution < -0.4 is 10.0 Å². The van der Waals surface area contributed by atoms with Gasteiger partial charge in [0, 0.05) is 30.1 Å². The number of amides is 1. The van der Waals surface area contributed by atoms with Crippen molar-refractivity contribution in [1.29, 1.82) is 5.26 Å². The first-order valence-corrected chi connectivity index (χ1v) is 9.78. The zero-order valence-corrected chi connectivity index (χ0v) is 15.5. The first-order chi connectivity index (χ1) is 12.4. The number of carbonyl (C=O) groups is 1. The van der Waals surface area contributed by atoms with E-state index in [0.29, 0.717) is 23.6 Å². The van der Waals surface area contributed by atoms with Gasteiger partial charge in [-0.25, -0.2) is 13.1 Å². The predicted octanol–water partition coefficient (Wildman–Crippen LogP) is 2.50. The normalized spacial score (nSPS) is 10.9. The standard InChI is InChI=1S/C18H18ClN3O3S/c19-16-6-2-14(3-7-16)10-13-21-18(23)15-4-8-17(9-5-15)26(24,25)22-12-1-11-20/h2-9,22H,1,10,12-13H2,(H,21,23). The van der Waals surface area contributed by atoms with Crippen LogP contribution in [0.5, 0.6) is 0 Å². The second kappa shape index (κ2) is 9.34. The van der Waals surface area contributed by atoms with E-state index in [0.717, 1.165) is 5.56 Å². The lowest BCUT2D eigenvalue weighted by molar-refractivity contribution is 0.0954. The van der Waals surface area contributed by atoms with Crippen molar-refractivity contribution in [2.45, 2.75) is 17.7 Å². The lowest BCUT2D eigenvalue weighted by Gasteiger charge is -2.08. The van der Waals surface area contributed by atoms with Gasteiger partial charge in [0.25, 0.3) is 5.91 Å². The molecule has 0 atom stereocenters. The summed E-state index contributed by atoms with van der Waals surface area (Å²) in [4.78, 5) is 12.2. The minimum absolute atomic E-state index is 0.0474. The summed E-state index contributed by atoms with van der Waals surface area (Å²) in [5.41, 5.74) is 1.43. The maximum Gasteiger partial charge on any atom is 0.251 e. The average Bonchev–Trinajstić information content (AvgIpc) is 2.63. The van der Waals surface area contributed by atoms with Crippen molar-refractivity contribution in [3.63, 3.8) is 0 Å². The lowest BCUT2D eigenvalue weighted by atomic mass is 10.1. The molecule has 0 aliphatic rings. The third-order valence-corrected chi connectivity index (χ3v) is 5.30. The van der Waals surface area contributed by atoms with Crippen LogP contribution in [0.15, 0.2) is 53.4 Å². The van der Waals surface area contributed by atoms with Crippen LogP contribution in [0.1, 0.15) is 22.3 Å². The van der Waals surface area contributed by atoms with Crippen LogP contribution in [-0.2, 0) is 16.4 Å². The van der Waals surface area contributed by atoms with Crippen molar-refractivity contribution in [2.24, 2.45) is 0 Å². The van der Waals surface area contributed by atoms with Gasteiger partial charge in [0.1, 0.15) is 0 Å². The van der Waals surface area contributed by atoms with Gasteiger partial charge >= 0.3 is 0 Å². The summed E-state index contributed by atoms with van der Waals surface area (Å²) in [7, 11) is -3.68. The van der Waals surface area contributed by atoms with Gasteiger partial charge in [-0.3, -0.25) is 4.79 Å². The molecule has 0 fully saturated rings. The molecular weight excluding hydrogens is 374 g/mol. The monoisotopic (exact) mass is 391 g/mol. The Morgan fingerprint density at radius 2 is 1.69 bits per heavy atom. The molecule has 2 aromatic rings. The molecule has 0 saturated heterocycles. The van der Waals surface area contributed by atoms with Crippen LogP contribution in [-0.4, -0.2) is 27.4 Å². The van der Waals surface area contributed by atoms with Gasteiger partial charge in [0.15, 0.2) is 0 Å². The van der Waals surface area contributed by atoms with Crippen LogP contribution in [0.25, 0.3) is 0 Å². The molecule has 6 nitrogen and oxygen atoms in total. The number of halogens is 1. The highest BCUT2D eigenvalue weighted by molar-refractivity contribution is 7.89. The zero-order chi connectivity index (χ0) is 19.0. The number of sulfonamides is 1. The Labute approximate surface area is 157 Å². The SMILES string of the molecule is N#CCCNS(=O)(=O)c1ccc(C(=O)NCCc2ccc(Cl)cc2)cc1. The molecule has 2 rings (SSSR count). The molecule has 0 aliphatic heterocycles. The zero-order valence-electron chi connectivity index (χ0n) is 13.9. The molecule has 0 heterocycles. The average molecular weight is 392 g/mol. The highest BCUT2D eigenvalue weighted by Crippen LogP contribution is 2.11. The summed E-state index contributed by atoms with van der Waals surface area (Å²) < 4.78 is 26.3. The van der Waals surface area contributed by atoms with E-state index in [2.05, 4.69) is 10.0 Å². The Kier molecular flexibility index (Phi) is 7.16. The molecule has 0 unspecified atom stereocenters. The molecule has 0 saturated carbocycles.